The van der Waals surface area contributed by atoms with Gasteiger partial charge in [-0.2, -0.15) is 0 Å². The monoisotopic (exact) mass is 493 g/mol. The third kappa shape index (κ3) is 5.10. The number of aryl methyl sites for hydroxylation is 1. The molecule has 3 rings (SSSR count). The van der Waals surface area contributed by atoms with Gasteiger partial charge in [-0.05, 0) is 78.4 Å². The number of thioether (sulfide) groups is 1. The third-order valence-electron chi connectivity index (χ3n) is 4.06. The van der Waals surface area contributed by atoms with Crippen molar-refractivity contribution in [3.63, 3.8) is 0 Å². The first kappa shape index (κ1) is 19.9. The highest BCUT2D eigenvalue weighted by molar-refractivity contribution is 14.1. The Hall–Kier alpha value is -1.87. The van der Waals surface area contributed by atoms with Gasteiger partial charge in [0, 0.05) is 22.2 Å². The van der Waals surface area contributed by atoms with Crippen LogP contribution in [0.3, 0.4) is 0 Å². The van der Waals surface area contributed by atoms with Crippen molar-refractivity contribution < 1.29 is 9.59 Å². The van der Waals surface area contributed by atoms with Crippen LogP contribution in [-0.4, -0.2) is 33.7 Å². The molecule has 0 aromatic heterocycles. The van der Waals surface area contributed by atoms with Gasteiger partial charge in [-0.1, -0.05) is 23.9 Å². The van der Waals surface area contributed by atoms with Crippen molar-refractivity contribution in [2.75, 3.05) is 11.9 Å². The average molecular weight is 493 g/mol. The predicted octanol–water partition coefficient (Wildman–Crippen LogP) is 4.58. The molecule has 1 atom stereocenters. The predicted molar refractivity (Wildman–Crippen MR) is 119 cm³/mol. The van der Waals surface area contributed by atoms with E-state index in [1.165, 1.54) is 11.8 Å². The first-order valence-corrected chi connectivity index (χ1v) is 10.6. The van der Waals surface area contributed by atoms with Crippen molar-refractivity contribution >= 4 is 62.7 Å². The van der Waals surface area contributed by atoms with Crippen molar-refractivity contribution in [2.24, 2.45) is 4.99 Å². The first-order chi connectivity index (χ1) is 13.0. The number of amidine groups is 1. The number of amides is 2. The van der Waals surface area contributed by atoms with Crippen LogP contribution in [0.4, 0.5) is 11.4 Å². The lowest BCUT2D eigenvalue weighted by molar-refractivity contribution is -0.128. The van der Waals surface area contributed by atoms with Crippen LogP contribution >= 0.6 is 34.4 Å². The fourth-order valence-corrected chi connectivity index (χ4v) is 4.33. The summed E-state index contributed by atoms with van der Waals surface area (Å²) in [7, 11) is 0. The molecule has 5 nitrogen and oxygen atoms in total. The number of carbonyl (C=O) groups excluding carboxylic acids is 2. The smallest absolute Gasteiger partial charge is 0.242 e. The van der Waals surface area contributed by atoms with Crippen molar-refractivity contribution in [3.8, 4) is 0 Å². The highest BCUT2D eigenvalue weighted by Gasteiger charge is 2.38. The molecule has 1 saturated heterocycles. The normalized spacial score (nSPS) is 18.2. The Bertz CT molecular complexity index is 883. The molecular weight excluding hydrogens is 473 g/mol. The van der Waals surface area contributed by atoms with Gasteiger partial charge >= 0.3 is 0 Å². The molecule has 0 radical (unpaired) electrons. The van der Waals surface area contributed by atoms with Gasteiger partial charge in [-0.25, -0.2) is 4.99 Å². The lowest BCUT2D eigenvalue weighted by atomic mass is 10.2. The summed E-state index contributed by atoms with van der Waals surface area (Å²) in [6.07, 6.45) is 0.125. The van der Waals surface area contributed by atoms with Crippen LogP contribution in [0.1, 0.15) is 18.9 Å². The Labute approximate surface area is 176 Å². The molecule has 1 heterocycles. The number of rotatable bonds is 5. The lowest BCUT2D eigenvalue weighted by Gasteiger charge is -2.13. The molecule has 7 heteroatoms. The minimum absolute atomic E-state index is 0.0637. The second-order valence-corrected chi connectivity index (χ2v) is 8.60. The Morgan fingerprint density at radius 2 is 2.00 bits per heavy atom. The molecule has 1 aliphatic heterocycles. The van der Waals surface area contributed by atoms with E-state index in [1.54, 1.807) is 4.90 Å². The molecular formula is C20H20IN3O2S. The third-order valence-corrected chi connectivity index (χ3v) is 5.95. The van der Waals surface area contributed by atoms with Crippen LogP contribution in [0.2, 0.25) is 0 Å². The zero-order valence-electron chi connectivity index (χ0n) is 15.1. The zero-order chi connectivity index (χ0) is 19.4. The first-order valence-electron chi connectivity index (χ1n) is 8.65. The number of benzene rings is 2. The Balaban J connectivity index is 1.70. The van der Waals surface area contributed by atoms with Gasteiger partial charge in [0.15, 0.2) is 5.17 Å². The van der Waals surface area contributed by atoms with Crippen molar-refractivity contribution in [2.45, 2.75) is 25.5 Å². The van der Waals surface area contributed by atoms with Gasteiger partial charge in [0.25, 0.3) is 0 Å². The van der Waals surface area contributed by atoms with Gasteiger partial charge < -0.3 is 5.32 Å². The molecule has 0 saturated carbocycles. The molecule has 140 valence electrons. The molecule has 0 bridgehead atoms. The van der Waals surface area contributed by atoms with E-state index in [0.717, 1.165) is 20.5 Å². The van der Waals surface area contributed by atoms with Crippen LogP contribution in [0.25, 0.3) is 0 Å². The van der Waals surface area contributed by atoms with E-state index in [4.69, 9.17) is 0 Å². The summed E-state index contributed by atoms with van der Waals surface area (Å²) in [6, 6.07) is 15.4. The van der Waals surface area contributed by atoms with Gasteiger partial charge in [0.05, 0.1) is 5.69 Å². The number of carbonyl (C=O) groups is 2. The molecule has 2 aromatic rings. The van der Waals surface area contributed by atoms with E-state index in [1.807, 2.05) is 62.4 Å². The quantitative estimate of drug-likeness (QED) is 0.621. The maximum Gasteiger partial charge on any atom is 0.242 e. The van der Waals surface area contributed by atoms with Crippen molar-refractivity contribution in [1.29, 1.82) is 0 Å². The van der Waals surface area contributed by atoms with Crippen molar-refractivity contribution in [1.82, 2.24) is 4.90 Å². The summed E-state index contributed by atoms with van der Waals surface area (Å²) in [5.41, 5.74) is 2.62. The number of nitrogens with zero attached hydrogens (tertiary/aromatic N) is 2. The summed E-state index contributed by atoms with van der Waals surface area (Å²) in [5, 5.41) is 3.07. The highest BCUT2D eigenvalue weighted by Crippen LogP contribution is 2.31. The maximum atomic E-state index is 12.7. The Morgan fingerprint density at radius 1 is 1.26 bits per heavy atom. The van der Waals surface area contributed by atoms with Gasteiger partial charge in [0.2, 0.25) is 11.8 Å². The second-order valence-electron chi connectivity index (χ2n) is 6.18. The van der Waals surface area contributed by atoms with E-state index in [2.05, 4.69) is 32.9 Å². The molecule has 1 unspecified atom stereocenters. The lowest BCUT2D eigenvalue weighted by Crippen LogP contribution is -2.33. The van der Waals surface area contributed by atoms with Gasteiger partial charge in [0.1, 0.15) is 5.25 Å². The van der Waals surface area contributed by atoms with E-state index < -0.39 is 5.25 Å². The van der Waals surface area contributed by atoms with Crippen LogP contribution in [0.5, 0.6) is 0 Å². The summed E-state index contributed by atoms with van der Waals surface area (Å²) in [4.78, 5) is 31.3. The number of nitrogens with one attached hydrogen (secondary N) is 1. The number of hydrogen-bond donors (Lipinski definition) is 1. The fraction of sp³-hybridized carbons (Fsp3) is 0.250. The van der Waals surface area contributed by atoms with E-state index in [-0.39, 0.29) is 18.2 Å². The zero-order valence-corrected chi connectivity index (χ0v) is 18.1. The van der Waals surface area contributed by atoms with E-state index >= 15 is 0 Å². The Kier molecular flexibility index (Phi) is 6.54. The fourth-order valence-electron chi connectivity index (χ4n) is 2.75. The van der Waals surface area contributed by atoms with Crippen LogP contribution in [-0.2, 0) is 9.59 Å². The molecule has 1 fully saturated rings. The van der Waals surface area contributed by atoms with Gasteiger partial charge in [-0.15, -0.1) is 0 Å². The van der Waals surface area contributed by atoms with E-state index in [9.17, 15) is 9.59 Å². The molecule has 0 spiro atoms. The minimum Gasteiger partial charge on any atom is -0.326 e. The summed E-state index contributed by atoms with van der Waals surface area (Å²) < 4.78 is 1.13. The largest absolute Gasteiger partial charge is 0.326 e. The topological polar surface area (TPSA) is 61.8 Å². The molecule has 2 aromatic carbocycles. The minimum atomic E-state index is -0.447. The Morgan fingerprint density at radius 3 is 2.67 bits per heavy atom. The van der Waals surface area contributed by atoms with Crippen LogP contribution in [0, 0.1) is 10.5 Å². The van der Waals surface area contributed by atoms with E-state index in [0.29, 0.717) is 11.7 Å². The molecule has 1 aliphatic rings. The SMILES string of the molecule is CCN1C(=O)C(CC(=O)Nc2cccc(C)c2)SC1=Nc1ccc(I)cc1. The number of aliphatic imine (C=N–C) groups is 1. The molecule has 1 N–H and O–H groups in total. The summed E-state index contributed by atoms with van der Waals surface area (Å²) >= 11 is 3.60. The van der Waals surface area contributed by atoms with Crippen LogP contribution in [0.15, 0.2) is 53.5 Å². The molecule has 2 amide bonds. The standard InChI is InChI=1S/C20H20IN3O2S/c1-3-24-19(26)17(12-18(25)22-16-6-4-5-13(2)11-16)27-20(24)23-15-9-7-14(21)8-10-15/h4-11,17H,3,12H2,1-2H3,(H,22,25). The van der Waals surface area contributed by atoms with Crippen LogP contribution < -0.4 is 5.32 Å². The van der Waals surface area contributed by atoms with Crippen molar-refractivity contribution in [3.05, 3.63) is 57.7 Å². The van der Waals surface area contributed by atoms with Gasteiger partial charge in [-0.3, -0.25) is 14.5 Å². The highest BCUT2D eigenvalue weighted by atomic mass is 127. The number of halogens is 1. The molecule has 0 aliphatic carbocycles. The maximum absolute atomic E-state index is 12.7. The second kappa shape index (κ2) is 8.88. The average Bonchev–Trinajstić information content (AvgIpc) is 2.91. The summed E-state index contributed by atoms with van der Waals surface area (Å²) in [5.74, 6) is -0.232. The number of anilines is 1. The summed E-state index contributed by atoms with van der Waals surface area (Å²) in [6.45, 7) is 4.42. The number of hydrogen-bond acceptors (Lipinski definition) is 4. The molecule has 27 heavy (non-hydrogen) atoms.